The van der Waals surface area contributed by atoms with Gasteiger partial charge in [-0.2, -0.15) is 0 Å². The summed E-state index contributed by atoms with van der Waals surface area (Å²) in [5, 5.41) is 0. The van der Waals surface area contributed by atoms with Gasteiger partial charge in [-0.1, -0.05) is 75.4 Å². The number of carbonyl (C=O) groups is 1. The Kier molecular flexibility index (Phi) is 5.47. The van der Waals surface area contributed by atoms with Gasteiger partial charge < -0.3 is 4.90 Å². The predicted octanol–water partition coefficient (Wildman–Crippen LogP) is 4.39. The molecule has 0 N–H and O–H groups in total. The molecular formula is C23H30N2O. The second-order valence-corrected chi connectivity index (χ2v) is 8.34. The van der Waals surface area contributed by atoms with Gasteiger partial charge in [-0.3, -0.25) is 9.69 Å². The minimum atomic E-state index is 0.0484. The van der Waals surface area contributed by atoms with E-state index in [0.29, 0.717) is 6.54 Å². The monoisotopic (exact) mass is 350 g/mol. The Morgan fingerprint density at radius 1 is 1.00 bits per heavy atom. The summed E-state index contributed by atoms with van der Waals surface area (Å²) < 4.78 is 0. The number of nitrogens with zero attached hydrogens (tertiary/aromatic N) is 2. The average Bonchev–Trinajstić information content (AvgIpc) is 2.89. The zero-order valence-electron chi connectivity index (χ0n) is 16.4. The van der Waals surface area contributed by atoms with Crippen LogP contribution in [0.1, 0.15) is 50.0 Å². The van der Waals surface area contributed by atoms with Crippen LogP contribution in [-0.2, 0) is 16.6 Å². The van der Waals surface area contributed by atoms with Crippen molar-refractivity contribution >= 4 is 5.91 Å². The van der Waals surface area contributed by atoms with E-state index in [2.05, 4.69) is 74.2 Å². The number of benzene rings is 2. The minimum Gasteiger partial charge on any atom is -0.322 e. The van der Waals surface area contributed by atoms with E-state index in [-0.39, 0.29) is 17.5 Å². The summed E-state index contributed by atoms with van der Waals surface area (Å²) in [5.74, 6) is 0.227. The largest absolute Gasteiger partial charge is 0.322 e. The highest BCUT2D eigenvalue weighted by atomic mass is 16.2. The second kappa shape index (κ2) is 7.63. The summed E-state index contributed by atoms with van der Waals surface area (Å²) in [6.45, 7) is 7.97. The normalized spacial score (nSPS) is 18.5. The molecule has 1 aliphatic rings. The van der Waals surface area contributed by atoms with Crippen molar-refractivity contribution in [1.82, 2.24) is 9.80 Å². The predicted molar refractivity (Wildman–Crippen MR) is 107 cm³/mol. The van der Waals surface area contributed by atoms with Gasteiger partial charge in [-0.25, -0.2) is 0 Å². The maximum Gasteiger partial charge on any atom is 0.238 e. The van der Waals surface area contributed by atoms with Gasteiger partial charge in [0, 0.05) is 6.54 Å². The molecule has 0 aliphatic carbocycles. The van der Waals surface area contributed by atoms with Crippen LogP contribution in [0.2, 0.25) is 0 Å². The van der Waals surface area contributed by atoms with Crippen molar-refractivity contribution in [3.05, 3.63) is 71.3 Å². The molecule has 3 rings (SSSR count). The fourth-order valence-electron chi connectivity index (χ4n) is 3.70. The Balaban J connectivity index is 1.70. The Morgan fingerprint density at radius 3 is 2.27 bits per heavy atom. The molecule has 0 saturated carbocycles. The molecule has 26 heavy (non-hydrogen) atoms. The molecule has 3 heteroatoms. The number of hydrogen-bond donors (Lipinski definition) is 0. The Hall–Kier alpha value is -2.13. The summed E-state index contributed by atoms with van der Waals surface area (Å²) in [5.41, 5.74) is 4.00. The number of aryl methyl sites for hydroxylation is 1. The van der Waals surface area contributed by atoms with E-state index < -0.39 is 0 Å². The van der Waals surface area contributed by atoms with E-state index in [9.17, 15) is 4.79 Å². The summed E-state index contributed by atoms with van der Waals surface area (Å²) in [6.07, 6.45) is 2.04. The fourth-order valence-corrected chi connectivity index (χ4v) is 3.70. The molecule has 1 fully saturated rings. The SMILES string of the molecule is CN1CC(=O)N(CCCc2ccccc2)C1c1ccc(C(C)(C)C)cc1. The van der Waals surface area contributed by atoms with Crippen molar-refractivity contribution in [3.63, 3.8) is 0 Å². The number of likely N-dealkylation sites (N-methyl/N-ethyl adjacent to an activating group) is 1. The highest BCUT2D eigenvalue weighted by molar-refractivity contribution is 5.80. The lowest BCUT2D eigenvalue weighted by Gasteiger charge is -2.29. The van der Waals surface area contributed by atoms with Crippen molar-refractivity contribution in [2.75, 3.05) is 20.1 Å². The lowest BCUT2D eigenvalue weighted by atomic mass is 9.86. The first-order chi connectivity index (χ1) is 12.4. The lowest BCUT2D eigenvalue weighted by Crippen LogP contribution is -2.32. The van der Waals surface area contributed by atoms with Crippen LogP contribution in [0.5, 0.6) is 0 Å². The molecule has 2 aromatic carbocycles. The molecule has 1 heterocycles. The molecule has 0 aromatic heterocycles. The van der Waals surface area contributed by atoms with Crippen molar-refractivity contribution in [2.24, 2.45) is 0 Å². The first-order valence-corrected chi connectivity index (χ1v) is 9.50. The number of amides is 1. The van der Waals surface area contributed by atoms with E-state index in [0.717, 1.165) is 19.4 Å². The van der Waals surface area contributed by atoms with E-state index >= 15 is 0 Å². The van der Waals surface area contributed by atoms with Crippen molar-refractivity contribution in [3.8, 4) is 0 Å². The second-order valence-electron chi connectivity index (χ2n) is 8.34. The van der Waals surface area contributed by atoms with Crippen LogP contribution in [0.25, 0.3) is 0 Å². The Morgan fingerprint density at radius 2 is 1.65 bits per heavy atom. The zero-order chi connectivity index (χ0) is 18.7. The smallest absolute Gasteiger partial charge is 0.238 e. The first-order valence-electron chi connectivity index (χ1n) is 9.50. The first kappa shape index (κ1) is 18.7. The third-order valence-corrected chi connectivity index (χ3v) is 5.20. The maximum absolute atomic E-state index is 12.5. The molecule has 1 amide bonds. The van der Waals surface area contributed by atoms with Crippen LogP contribution < -0.4 is 0 Å². The van der Waals surface area contributed by atoms with Crippen LogP contribution >= 0.6 is 0 Å². The van der Waals surface area contributed by atoms with Crippen LogP contribution in [-0.4, -0.2) is 35.8 Å². The molecule has 1 unspecified atom stereocenters. The Bertz CT molecular complexity index is 731. The van der Waals surface area contributed by atoms with Crippen LogP contribution in [0.3, 0.4) is 0 Å². The summed E-state index contributed by atoms with van der Waals surface area (Å²) >= 11 is 0. The highest BCUT2D eigenvalue weighted by Crippen LogP contribution is 2.31. The van der Waals surface area contributed by atoms with E-state index in [1.54, 1.807) is 0 Å². The summed E-state index contributed by atoms with van der Waals surface area (Å²) in [7, 11) is 2.04. The molecule has 138 valence electrons. The molecule has 1 saturated heterocycles. The van der Waals surface area contributed by atoms with Crippen molar-refractivity contribution in [2.45, 2.75) is 45.2 Å². The van der Waals surface area contributed by atoms with E-state index in [1.165, 1.54) is 16.7 Å². The molecule has 1 atom stereocenters. The van der Waals surface area contributed by atoms with Gasteiger partial charge in [0.2, 0.25) is 5.91 Å². The van der Waals surface area contributed by atoms with Gasteiger partial charge in [0.15, 0.2) is 0 Å². The third-order valence-electron chi connectivity index (χ3n) is 5.20. The van der Waals surface area contributed by atoms with Crippen molar-refractivity contribution < 1.29 is 4.79 Å². The molecule has 2 aromatic rings. The topological polar surface area (TPSA) is 23.6 Å². The van der Waals surface area contributed by atoms with Gasteiger partial charge in [0.05, 0.1) is 6.54 Å². The number of carbonyl (C=O) groups excluding carboxylic acids is 1. The van der Waals surface area contributed by atoms with Gasteiger partial charge in [-0.05, 0) is 42.0 Å². The minimum absolute atomic E-state index is 0.0484. The lowest BCUT2D eigenvalue weighted by molar-refractivity contribution is -0.128. The van der Waals surface area contributed by atoms with Crippen LogP contribution in [0.15, 0.2) is 54.6 Å². The maximum atomic E-state index is 12.5. The molecular weight excluding hydrogens is 320 g/mol. The molecule has 3 nitrogen and oxygen atoms in total. The van der Waals surface area contributed by atoms with Crippen molar-refractivity contribution in [1.29, 1.82) is 0 Å². The quantitative estimate of drug-likeness (QED) is 0.798. The van der Waals surface area contributed by atoms with Gasteiger partial charge in [-0.15, -0.1) is 0 Å². The van der Waals surface area contributed by atoms with Gasteiger partial charge in [0.25, 0.3) is 0 Å². The molecule has 1 aliphatic heterocycles. The molecule has 0 radical (unpaired) electrons. The number of rotatable bonds is 5. The van der Waals surface area contributed by atoms with E-state index in [4.69, 9.17) is 0 Å². The standard InChI is InChI=1S/C23H30N2O/c1-23(2,3)20-14-12-19(13-15-20)22-24(4)17-21(26)25(22)16-8-11-18-9-6-5-7-10-18/h5-7,9-10,12-15,22H,8,11,16-17H2,1-4H3. The molecule has 0 spiro atoms. The summed E-state index contributed by atoms with van der Waals surface area (Å²) in [4.78, 5) is 16.7. The summed E-state index contributed by atoms with van der Waals surface area (Å²) in [6, 6.07) is 19.3. The molecule has 0 bridgehead atoms. The Labute approximate surface area is 157 Å². The van der Waals surface area contributed by atoms with Crippen LogP contribution in [0.4, 0.5) is 0 Å². The number of hydrogen-bond acceptors (Lipinski definition) is 2. The van der Waals surface area contributed by atoms with Gasteiger partial charge in [0.1, 0.15) is 6.17 Å². The average molecular weight is 351 g/mol. The highest BCUT2D eigenvalue weighted by Gasteiger charge is 2.36. The fraction of sp³-hybridized carbons (Fsp3) is 0.435. The third kappa shape index (κ3) is 4.16. The van der Waals surface area contributed by atoms with E-state index in [1.807, 2.05) is 18.0 Å². The van der Waals surface area contributed by atoms with Gasteiger partial charge >= 0.3 is 0 Å². The zero-order valence-corrected chi connectivity index (χ0v) is 16.4. The van der Waals surface area contributed by atoms with Crippen LogP contribution in [0, 0.1) is 0 Å².